The number of aromatic nitrogens is 2. The number of rotatable bonds is 6. The lowest BCUT2D eigenvalue weighted by atomic mass is 10.0. The van der Waals surface area contributed by atoms with E-state index >= 15 is 0 Å². The monoisotopic (exact) mass is 456 g/mol. The molecule has 3 heterocycles. The van der Waals surface area contributed by atoms with E-state index in [4.69, 9.17) is 16.3 Å². The van der Waals surface area contributed by atoms with Gasteiger partial charge in [-0.1, -0.05) is 11.6 Å². The molecule has 2 N–H and O–H groups in total. The number of carboxylic acid groups (broad SMARTS) is 1. The molecule has 12 heteroatoms. The van der Waals surface area contributed by atoms with Crippen LogP contribution >= 0.6 is 23.4 Å². The van der Waals surface area contributed by atoms with E-state index in [1.54, 1.807) is 20.8 Å². The van der Waals surface area contributed by atoms with Gasteiger partial charge in [0.15, 0.2) is 0 Å². The van der Waals surface area contributed by atoms with Gasteiger partial charge in [0.1, 0.15) is 29.8 Å². The van der Waals surface area contributed by atoms with Gasteiger partial charge in [0.2, 0.25) is 5.91 Å². The Morgan fingerprint density at radius 3 is 2.60 bits per heavy atom. The number of halogens is 1. The van der Waals surface area contributed by atoms with Crippen LogP contribution in [0.1, 0.15) is 31.3 Å². The molecule has 3 rings (SSSR count). The molecule has 0 bridgehead atoms. The molecule has 2 aliphatic heterocycles. The number of esters is 1. The number of nitrogens with one attached hydrogen (secondary N) is 1. The van der Waals surface area contributed by atoms with E-state index < -0.39 is 41.2 Å². The predicted molar refractivity (Wildman–Crippen MR) is 108 cm³/mol. The van der Waals surface area contributed by atoms with Crippen molar-refractivity contribution in [3.63, 3.8) is 0 Å². The van der Waals surface area contributed by atoms with E-state index in [2.05, 4.69) is 10.4 Å². The van der Waals surface area contributed by atoms with Crippen LogP contribution in [0, 0.1) is 13.8 Å². The van der Waals surface area contributed by atoms with Crippen molar-refractivity contribution in [2.45, 2.75) is 45.2 Å². The number of aliphatic carboxylic acids is 1. The fourth-order valence-corrected chi connectivity index (χ4v) is 4.84. The summed E-state index contributed by atoms with van der Waals surface area (Å²) in [7, 11) is 0. The number of hydrogen-bond donors (Lipinski definition) is 2. The maximum atomic E-state index is 12.7. The van der Waals surface area contributed by atoms with Crippen LogP contribution in [0.4, 0.5) is 0 Å². The highest BCUT2D eigenvalue weighted by molar-refractivity contribution is 8.00. The third kappa shape index (κ3) is 3.79. The Bertz CT molecular complexity index is 974. The molecule has 2 aliphatic rings. The van der Waals surface area contributed by atoms with Crippen LogP contribution in [0.5, 0.6) is 0 Å². The zero-order chi connectivity index (χ0) is 22.3. The lowest BCUT2D eigenvalue weighted by Crippen LogP contribution is -2.71. The molecule has 1 aromatic rings. The highest BCUT2D eigenvalue weighted by atomic mass is 35.5. The fourth-order valence-electron chi connectivity index (χ4n) is 3.39. The molecule has 1 aromatic heterocycles. The van der Waals surface area contributed by atoms with Crippen molar-refractivity contribution in [1.29, 1.82) is 0 Å². The quantitative estimate of drug-likeness (QED) is 0.479. The summed E-state index contributed by atoms with van der Waals surface area (Å²) in [4.78, 5) is 49.3. The van der Waals surface area contributed by atoms with E-state index in [1.807, 2.05) is 0 Å². The summed E-state index contributed by atoms with van der Waals surface area (Å²) in [6, 6.07) is -1.57. The zero-order valence-electron chi connectivity index (χ0n) is 16.8. The molecule has 0 radical (unpaired) electrons. The standard InChI is InChI=1S/C18H21ClN4O6S/c1-7-12(19)8(2)23(21-7)9(3)15(25)20-13-16(26)22-14(18(27)28)11(5-29-10(4)24)6-30-17(13)22/h9,13,17H,5-6H2,1-4H3,(H,20,25)(H,27,28)/t9-,13-,17-/m1/s1. The number of amides is 2. The summed E-state index contributed by atoms with van der Waals surface area (Å²) in [6.45, 7) is 6.13. The molecular formula is C18H21ClN4O6S. The van der Waals surface area contributed by atoms with Crippen LogP contribution in [0.15, 0.2) is 11.3 Å². The molecule has 30 heavy (non-hydrogen) atoms. The molecule has 3 atom stereocenters. The summed E-state index contributed by atoms with van der Waals surface area (Å²) in [6.07, 6.45) is 0. The zero-order valence-corrected chi connectivity index (χ0v) is 18.3. The third-order valence-corrected chi connectivity index (χ3v) is 6.87. The van der Waals surface area contributed by atoms with Gasteiger partial charge in [-0.3, -0.25) is 24.0 Å². The highest BCUT2D eigenvalue weighted by Gasteiger charge is 2.54. The van der Waals surface area contributed by atoms with Crippen LogP contribution < -0.4 is 5.32 Å². The second-order valence-electron chi connectivity index (χ2n) is 7.04. The Morgan fingerprint density at radius 2 is 2.07 bits per heavy atom. The van der Waals surface area contributed by atoms with E-state index in [1.165, 1.54) is 23.4 Å². The molecule has 0 unspecified atom stereocenters. The lowest BCUT2D eigenvalue weighted by molar-refractivity contribution is -0.151. The minimum absolute atomic E-state index is 0.200. The number of carbonyl (C=O) groups is 4. The number of β-lactam (4-membered cyclic amide) rings is 1. The van der Waals surface area contributed by atoms with Gasteiger partial charge in [0, 0.05) is 18.2 Å². The second-order valence-corrected chi connectivity index (χ2v) is 8.52. The average Bonchev–Trinajstić information content (AvgIpc) is 2.95. The van der Waals surface area contributed by atoms with Gasteiger partial charge in [-0.15, -0.1) is 11.8 Å². The van der Waals surface area contributed by atoms with Crippen LogP contribution in [-0.4, -0.2) is 67.3 Å². The van der Waals surface area contributed by atoms with Crippen molar-refractivity contribution in [2.75, 3.05) is 12.4 Å². The van der Waals surface area contributed by atoms with Gasteiger partial charge in [-0.2, -0.15) is 5.10 Å². The topological polar surface area (TPSA) is 131 Å². The Morgan fingerprint density at radius 1 is 1.40 bits per heavy atom. The van der Waals surface area contributed by atoms with Gasteiger partial charge < -0.3 is 15.2 Å². The number of carbonyl (C=O) groups excluding carboxylic acids is 3. The smallest absolute Gasteiger partial charge is 0.352 e. The molecule has 0 aromatic carbocycles. The van der Waals surface area contributed by atoms with Crippen LogP contribution in [0.3, 0.4) is 0 Å². The van der Waals surface area contributed by atoms with Gasteiger partial charge >= 0.3 is 11.9 Å². The van der Waals surface area contributed by atoms with E-state index in [0.29, 0.717) is 22.0 Å². The first-order valence-electron chi connectivity index (χ1n) is 9.09. The Kier molecular flexibility index (Phi) is 6.14. The van der Waals surface area contributed by atoms with E-state index in [9.17, 15) is 24.3 Å². The molecule has 10 nitrogen and oxygen atoms in total. The lowest BCUT2D eigenvalue weighted by Gasteiger charge is -2.49. The number of nitrogens with zero attached hydrogens (tertiary/aromatic N) is 3. The van der Waals surface area contributed by atoms with Crippen molar-refractivity contribution >= 4 is 47.1 Å². The van der Waals surface area contributed by atoms with Crippen molar-refractivity contribution in [3.8, 4) is 0 Å². The average molecular weight is 457 g/mol. The summed E-state index contributed by atoms with van der Waals surface area (Å²) in [5.41, 5.74) is 1.37. The van der Waals surface area contributed by atoms with Crippen molar-refractivity contribution < 1.29 is 29.0 Å². The van der Waals surface area contributed by atoms with E-state index in [0.717, 1.165) is 4.90 Å². The Balaban J connectivity index is 1.74. The summed E-state index contributed by atoms with van der Waals surface area (Å²) < 4.78 is 6.39. The molecule has 162 valence electrons. The minimum atomic E-state index is -1.29. The van der Waals surface area contributed by atoms with Crippen molar-refractivity contribution in [2.24, 2.45) is 0 Å². The number of aryl methyl sites for hydroxylation is 1. The second kappa shape index (κ2) is 8.31. The van der Waals surface area contributed by atoms with E-state index in [-0.39, 0.29) is 18.1 Å². The first kappa shape index (κ1) is 22.2. The predicted octanol–water partition coefficient (Wildman–Crippen LogP) is 1.02. The third-order valence-electron chi connectivity index (χ3n) is 4.98. The summed E-state index contributed by atoms with van der Waals surface area (Å²) in [5.74, 6) is -2.53. The number of ether oxygens (including phenoxy) is 1. The largest absolute Gasteiger partial charge is 0.477 e. The maximum absolute atomic E-state index is 12.7. The Hall–Kier alpha value is -2.53. The van der Waals surface area contributed by atoms with Crippen molar-refractivity contribution in [3.05, 3.63) is 27.7 Å². The fraction of sp³-hybridized carbons (Fsp3) is 0.500. The van der Waals surface area contributed by atoms with Crippen LogP contribution in [0.2, 0.25) is 5.02 Å². The first-order chi connectivity index (χ1) is 14.0. The maximum Gasteiger partial charge on any atom is 0.352 e. The first-order valence-corrected chi connectivity index (χ1v) is 10.5. The number of thioether (sulfide) groups is 1. The normalized spacial score (nSPS) is 21.6. The summed E-state index contributed by atoms with van der Waals surface area (Å²) in [5, 5.41) is 16.4. The molecule has 1 fully saturated rings. The number of carboxylic acids is 1. The SMILES string of the molecule is CC(=O)OCC1=C(C(=O)O)N2C(=O)[C@@H](NC(=O)[C@@H](C)n3nc(C)c(Cl)c3C)[C@H]2SC1. The van der Waals surface area contributed by atoms with Gasteiger partial charge in [-0.25, -0.2) is 4.79 Å². The molecule has 0 saturated carbocycles. The number of hydrogen-bond acceptors (Lipinski definition) is 7. The van der Waals surface area contributed by atoms with Gasteiger partial charge in [0.25, 0.3) is 5.91 Å². The molecular weight excluding hydrogens is 436 g/mol. The Labute approximate surface area is 181 Å². The minimum Gasteiger partial charge on any atom is -0.477 e. The highest BCUT2D eigenvalue weighted by Crippen LogP contribution is 2.40. The molecule has 0 aliphatic carbocycles. The molecule has 0 spiro atoms. The van der Waals surface area contributed by atoms with Gasteiger partial charge in [-0.05, 0) is 20.8 Å². The van der Waals surface area contributed by atoms with Crippen LogP contribution in [0.25, 0.3) is 0 Å². The summed E-state index contributed by atoms with van der Waals surface area (Å²) >= 11 is 7.44. The van der Waals surface area contributed by atoms with Crippen LogP contribution in [-0.2, 0) is 23.9 Å². The van der Waals surface area contributed by atoms with Crippen molar-refractivity contribution in [1.82, 2.24) is 20.0 Å². The van der Waals surface area contributed by atoms with Gasteiger partial charge in [0.05, 0.1) is 16.4 Å². The molecule has 1 saturated heterocycles. The molecule has 2 amide bonds. The number of fused-ring (bicyclic) bond motifs is 1.